The second-order valence-electron chi connectivity index (χ2n) is 9.00. The summed E-state index contributed by atoms with van der Waals surface area (Å²) in [7, 11) is 0. The van der Waals surface area contributed by atoms with Crippen molar-refractivity contribution in [3.8, 4) is 17.1 Å². The minimum Gasteiger partial charge on any atom is -0.486 e. The summed E-state index contributed by atoms with van der Waals surface area (Å²) in [5.74, 6) is -0.778. The van der Waals surface area contributed by atoms with E-state index >= 15 is 0 Å². The molecular weight excluding hydrogens is 639 g/mol. The molecule has 5 rings (SSSR count). The summed E-state index contributed by atoms with van der Waals surface area (Å²) in [6.45, 7) is 0.115. The molecule has 1 aromatic heterocycles. The van der Waals surface area contributed by atoms with Gasteiger partial charge in [0, 0.05) is 5.56 Å². The first kappa shape index (κ1) is 29.0. The monoisotopic (exact) mass is 655 g/mol. The fourth-order valence-electron chi connectivity index (χ4n) is 4.07. The maximum atomic E-state index is 13.4. The van der Waals surface area contributed by atoms with Crippen molar-refractivity contribution < 1.29 is 27.8 Å². The summed E-state index contributed by atoms with van der Waals surface area (Å²) >= 11 is 9.88. The molecule has 1 heterocycles. The second kappa shape index (κ2) is 11.8. The number of carbonyl (C=O) groups is 1. The van der Waals surface area contributed by atoms with Crippen molar-refractivity contribution in [2.45, 2.75) is 12.8 Å². The third-order valence-corrected chi connectivity index (χ3v) is 7.00. The number of aromatic nitrogens is 2. The number of benzene rings is 4. The summed E-state index contributed by atoms with van der Waals surface area (Å²) in [4.78, 5) is 28.9. The van der Waals surface area contributed by atoms with Crippen LogP contribution in [0.4, 0.5) is 13.2 Å². The van der Waals surface area contributed by atoms with Gasteiger partial charge in [-0.25, -0.2) is 9.78 Å². The predicted molar refractivity (Wildman–Crippen MR) is 156 cm³/mol. The Morgan fingerprint density at radius 2 is 1.79 bits per heavy atom. The average Bonchev–Trinajstić information content (AvgIpc) is 2.96. The van der Waals surface area contributed by atoms with Crippen molar-refractivity contribution >= 4 is 50.6 Å². The summed E-state index contributed by atoms with van der Waals surface area (Å²) in [5, 5.41) is 13.8. The Morgan fingerprint density at radius 1 is 1.05 bits per heavy atom. The lowest BCUT2D eigenvalue weighted by Gasteiger charge is -2.13. The number of rotatable bonds is 7. The normalized spacial score (nSPS) is 11.7. The number of ether oxygens (including phenoxy) is 1. The van der Waals surface area contributed by atoms with Gasteiger partial charge in [0.15, 0.2) is 11.6 Å². The highest BCUT2D eigenvalue weighted by Crippen LogP contribution is 2.35. The van der Waals surface area contributed by atoms with E-state index in [1.807, 2.05) is 0 Å². The molecule has 0 atom stereocenters. The standard InChI is InChI=1S/C30H18BrClF3N3O4/c31-23-12-18(13-24(32)26(23)42-16-17-8-10-19(11-9-17)29(40)41)15-36-38-27(20-4-3-5-21(14-20)30(33,34)35)37-25-7-2-1-6-22(25)28(38)39/h1-15H,16H2,(H,40,41). The van der Waals surface area contributed by atoms with Gasteiger partial charge in [0.2, 0.25) is 0 Å². The van der Waals surface area contributed by atoms with E-state index in [4.69, 9.17) is 21.4 Å². The Labute approximate surface area is 249 Å². The Kier molecular flexibility index (Phi) is 8.15. The lowest BCUT2D eigenvalue weighted by Crippen LogP contribution is -2.20. The number of fused-ring (bicyclic) bond motifs is 1. The molecule has 1 N–H and O–H groups in total. The summed E-state index contributed by atoms with van der Waals surface area (Å²) in [6.07, 6.45) is -3.25. The van der Waals surface area contributed by atoms with Gasteiger partial charge >= 0.3 is 12.1 Å². The highest BCUT2D eigenvalue weighted by atomic mass is 79.9. The number of nitrogens with zero attached hydrogens (tertiary/aromatic N) is 3. The fourth-order valence-corrected chi connectivity index (χ4v) is 5.06. The van der Waals surface area contributed by atoms with Gasteiger partial charge < -0.3 is 9.84 Å². The van der Waals surface area contributed by atoms with E-state index in [0.29, 0.717) is 21.3 Å². The van der Waals surface area contributed by atoms with E-state index in [9.17, 15) is 22.8 Å². The fraction of sp³-hybridized carbons (Fsp3) is 0.0667. The maximum absolute atomic E-state index is 13.4. The van der Waals surface area contributed by atoms with E-state index in [1.165, 1.54) is 30.5 Å². The van der Waals surface area contributed by atoms with Gasteiger partial charge in [-0.3, -0.25) is 4.79 Å². The molecule has 212 valence electrons. The number of hydrogen-bond acceptors (Lipinski definition) is 5. The van der Waals surface area contributed by atoms with Crippen LogP contribution < -0.4 is 10.3 Å². The van der Waals surface area contributed by atoms with Crippen molar-refractivity contribution in [3.05, 3.63) is 127 Å². The first-order valence-electron chi connectivity index (χ1n) is 12.2. The molecule has 0 spiro atoms. The molecule has 0 unspecified atom stereocenters. The molecule has 0 saturated carbocycles. The first-order chi connectivity index (χ1) is 20.0. The van der Waals surface area contributed by atoms with Gasteiger partial charge in [-0.15, -0.1) is 0 Å². The molecule has 0 aliphatic heterocycles. The summed E-state index contributed by atoms with van der Waals surface area (Å²) in [5.41, 5.74) is 0.248. The van der Waals surface area contributed by atoms with Gasteiger partial charge in [0.25, 0.3) is 5.56 Å². The van der Waals surface area contributed by atoms with Gasteiger partial charge in [0.1, 0.15) is 6.61 Å². The Bertz CT molecular complexity index is 1880. The summed E-state index contributed by atoms with van der Waals surface area (Å²) < 4.78 is 47.5. The molecule has 5 aromatic rings. The Morgan fingerprint density at radius 3 is 2.48 bits per heavy atom. The van der Waals surface area contributed by atoms with Crippen LogP contribution >= 0.6 is 27.5 Å². The summed E-state index contributed by atoms with van der Waals surface area (Å²) in [6, 6.07) is 20.4. The van der Waals surface area contributed by atoms with Crippen LogP contribution in [0.15, 0.2) is 99.3 Å². The minimum absolute atomic E-state index is 0.0594. The minimum atomic E-state index is -4.59. The zero-order valence-corrected chi connectivity index (χ0v) is 23.6. The molecular formula is C30H18BrClF3N3O4. The number of alkyl halides is 3. The quantitative estimate of drug-likeness (QED) is 0.182. The molecule has 12 heteroatoms. The van der Waals surface area contributed by atoms with E-state index in [2.05, 4.69) is 26.0 Å². The SMILES string of the molecule is O=C(O)c1ccc(COc2c(Cl)cc(C=Nn3c(-c4cccc(C(F)(F)F)c4)nc4ccccc4c3=O)cc2Br)cc1. The van der Waals surface area contributed by atoms with Gasteiger partial charge in [-0.2, -0.15) is 22.9 Å². The number of hydrogen-bond donors (Lipinski definition) is 1. The molecule has 7 nitrogen and oxygen atoms in total. The van der Waals surface area contributed by atoms with Crippen molar-refractivity contribution in [2.24, 2.45) is 5.10 Å². The molecule has 4 aromatic carbocycles. The number of halogens is 5. The molecule has 0 radical (unpaired) electrons. The van der Waals surface area contributed by atoms with Crippen molar-refractivity contribution in [2.75, 3.05) is 0 Å². The number of para-hydroxylation sites is 1. The van der Waals surface area contributed by atoms with Crippen molar-refractivity contribution in [3.63, 3.8) is 0 Å². The zero-order valence-electron chi connectivity index (χ0n) is 21.3. The molecule has 0 bridgehead atoms. The second-order valence-corrected chi connectivity index (χ2v) is 10.3. The molecule has 0 amide bonds. The van der Waals surface area contributed by atoms with Crippen LogP contribution in [0.1, 0.15) is 27.0 Å². The third-order valence-electron chi connectivity index (χ3n) is 6.13. The Balaban J connectivity index is 1.49. The van der Waals surface area contributed by atoms with E-state index < -0.39 is 23.3 Å². The van der Waals surface area contributed by atoms with E-state index in [-0.39, 0.29) is 34.0 Å². The lowest BCUT2D eigenvalue weighted by atomic mass is 10.1. The molecule has 42 heavy (non-hydrogen) atoms. The van der Waals surface area contributed by atoms with E-state index in [1.54, 1.807) is 48.5 Å². The van der Waals surface area contributed by atoms with Crippen molar-refractivity contribution in [1.29, 1.82) is 0 Å². The van der Waals surface area contributed by atoms with Gasteiger partial charge in [-0.05, 0) is 75.6 Å². The van der Waals surface area contributed by atoms with Crippen LogP contribution in [-0.2, 0) is 12.8 Å². The molecule has 0 fully saturated rings. The topological polar surface area (TPSA) is 93.8 Å². The first-order valence-corrected chi connectivity index (χ1v) is 13.4. The molecule has 0 aliphatic rings. The highest BCUT2D eigenvalue weighted by molar-refractivity contribution is 9.10. The van der Waals surface area contributed by atoms with Crippen LogP contribution in [0, 0.1) is 0 Å². The number of carboxylic acid groups (broad SMARTS) is 1. The smallest absolute Gasteiger partial charge is 0.416 e. The third kappa shape index (κ3) is 6.22. The lowest BCUT2D eigenvalue weighted by molar-refractivity contribution is -0.137. The Hall–Kier alpha value is -4.48. The number of aromatic carboxylic acids is 1. The predicted octanol–water partition coefficient (Wildman–Crippen LogP) is 7.66. The van der Waals surface area contributed by atoms with Crippen LogP contribution in [0.25, 0.3) is 22.3 Å². The highest BCUT2D eigenvalue weighted by Gasteiger charge is 2.31. The van der Waals surface area contributed by atoms with E-state index in [0.717, 1.165) is 22.4 Å². The van der Waals surface area contributed by atoms with Crippen LogP contribution in [0.3, 0.4) is 0 Å². The van der Waals surface area contributed by atoms with Crippen LogP contribution in [0.2, 0.25) is 5.02 Å². The van der Waals surface area contributed by atoms with Crippen LogP contribution in [-0.4, -0.2) is 27.0 Å². The average molecular weight is 657 g/mol. The zero-order chi connectivity index (χ0) is 30.0. The largest absolute Gasteiger partial charge is 0.486 e. The van der Waals surface area contributed by atoms with Crippen molar-refractivity contribution in [1.82, 2.24) is 9.66 Å². The molecule has 0 saturated heterocycles. The van der Waals surface area contributed by atoms with Gasteiger partial charge in [-0.1, -0.05) is 48.0 Å². The van der Waals surface area contributed by atoms with Crippen LogP contribution in [0.5, 0.6) is 5.75 Å². The molecule has 0 aliphatic carbocycles. The maximum Gasteiger partial charge on any atom is 0.416 e. The number of carboxylic acids is 1. The van der Waals surface area contributed by atoms with Gasteiger partial charge in [0.05, 0.1) is 37.7 Å².